The third-order valence-corrected chi connectivity index (χ3v) is 3.08. The lowest BCUT2D eigenvalue weighted by molar-refractivity contribution is -0.149. The molecule has 0 bridgehead atoms. The summed E-state index contributed by atoms with van der Waals surface area (Å²) in [6.45, 7) is 7.82. The highest BCUT2D eigenvalue weighted by Crippen LogP contribution is 2.28. The van der Waals surface area contributed by atoms with Crippen LogP contribution in [0.15, 0.2) is 18.2 Å². The van der Waals surface area contributed by atoms with E-state index in [4.69, 9.17) is 14.2 Å². The molecule has 0 saturated carbocycles. The van der Waals surface area contributed by atoms with Crippen LogP contribution in [-0.2, 0) is 9.53 Å². The van der Waals surface area contributed by atoms with Crippen molar-refractivity contribution in [3.05, 3.63) is 23.8 Å². The molecule has 0 spiro atoms. The molecule has 0 saturated heterocycles. The van der Waals surface area contributed by atoms with Crippen LogP contribution in [0.25, 0.3) is 0 Å². The van der Waals surface area contributed by atoms with Gasteiger partial charge in [-0.15, -0.1) is 0 Å². The number of benzene rings is 1. The molecule has 1 unspecified atom stereocenters. The van der Waals surface area contributed by atoms with Crippen LogP contribution in [0.5, 0.6) is 11.5 Å². The number of nitrogens with one attached hydrogen (secondary N) is 1. The minimum atomic E-state index is -0.918. The molecule has 0 amide bonds. The minimum Gasteiger partial charge on any atom is -0.493 e. The lowest BCUT2D eigenvalue weighted by Crippen LogP contribution is -2.56. The first kappa shape index (κ1) is 17.3. The Kier molecular flexibility index (Phi) is 6.03. The molecule has 21 heavy (non-hydrogen) atoms. The molecule has 0 heterocycles. The van der Waals surface area contributed by atoms with Gasteiger partial charge in [0.1, 0.15) is 12.1 Å². The van der Waals surface area contributed by atoms with Crippen LogP contribution in [0.3, 0.4) is 0 Å². The number of carbonyl (C=O) groups is 1. The first-order valence-electron chi connectivity index (χ1n) is 6.96. The van der Waals surface area contributed by atoms with Gasteiger partial charge in [0.2, 0.25) is 0 Å². The number of rotatable bonds is 7. The van der Waals surface area contributed by atoms with E-state index in [-0.39, 0.29) is 18.6 Å². The summed E-state index contributed by atoms with van der Waals surface area (Å²) < 4.78 is 15.9. The van der Waals surface area contributed by atoms with Crippen LogP contribution in [-0.4, -0.2) is 38.4 Å². The third kappa shape index (κ3) is 4.63. The summed E-state index contributed by atoms with van der Waals surface area (Å²) in [5.74, 6) is 0.887. The van der Waals surface area contributed by atoms with Crippen LogP contribution >= 0.6 is 0 Å². The Morgan fingerprint density at radius 3 is 2.48 bits per heavy atom. The summed E-state index contributed by atoms with van der Waals surface area (Å²) in [5, 5.41) is 3.19. The van der Waals surface area contributed by atoms with Crippen LogP contribution in [0, 0.1) is 6.92 Å². The second-order valence-electron chi connectivity index (χ2n) is 5.57. The Balaban J connectivity index is 2.89. The first-order valence-corrected chi connectivity index (χ1v) is 6.96. The van der Waals surface area contributed by atoms with Gasteiger partial charge in [-0.05, 0) is 45.4 Å². The Morgan fingerprint density at radius 1 is 1.29 bits per heavy atom. The molecule has 1 aromatic carbocycles. The molecule has 1 N–H and O–H groups in total. The topological polar surface area (TPSA) is 56.8 Å². The highest BCUT2D eigenvalue weighted by Gasteiger charge is 2.36. The molecule has 0 aliphatic rings. The van der Waals surface area contributed by atoms with Crippen LogP contribution in [0.2, 0.25) is 0 Å². The number of ether oxygens (including phenoxy) is 3. The maximum atomic E-state index is 12.0. The molecule has 5 heteroatoms. The fraction of sp³-hybridized carbons (Fsp3) is 0.562. The molecule has 118 valence electrons. The molecule has 0 aromatic heterocycles. The molecule has 5 nitrogen and oxygen atoms in total. The van der Waals surface area contributed by atoms with Gasteiger partial charge in [0.25, 0.3) is 0 Å². The highest BCUT2D eigenvalue weighted by atomic mass is 16.5. The van der Waals surface area contributed by atoms with Crippen molar-refractivity contribution in [3.8, 4) is 11.5 Å². The third-order valence-electron chi connectivity index (χ3n) is 3.08. The zero-order valence-corrected chi connectivity index (χ0v) is 13.6. The number of methoxy groups -OCH3 is 2. The standard InChI is InChI=1S/C16H25NO4/c1-11(2)17-16(4,15(18)20-6)10-21-13-8-7-12(3)9-14(13)19-5/h7-9,11,17H,10H2,1-6H3. The zero-order valence-electron chi connectivity index (χ0n) is 13.6. The van der Waals surface area contributed by atoms with E-state index in [1.807, 2.05) is 39.0 Å². The van der Waals surface area contributed by atoms with Crippen LogP contribution in [0.1, 0.15) is 26.3 Å². The average Bonchev–Trinajstić information content (AvgIpc) is 2.44. The van der Waals surface area contributed by atoms with Gasteiger partial charge >= 0.3 is 5.97 Å². The van der Waals surface area contributed by atoms with E-state index in [1.54, 1.807) is 14.0 Å². The molecule has 1 rings (SSSR count). The Labute approximate surface area is 126 Å². The summed E-state index contributed by atoms with van der Waals surface area (Å²) in [5.41, 5.74) is 0.161. The maximum absolute atomic E-state index is 12.0. The van der Waals surface area contributed by atoms with E-state index in [1.165, 1.54) is 7.11 Å². The molecule has 0 fully saturated rings. The van der Waals surface area contributed by atoms with Crippen molar-refractivity contribution in [1.29, 1.82) is 0 Å². The van der Waals surface area contributed by atoms with Crippen molar-refractivity contribution < 1.29 is 19.0 Å². The summed E-state index contributed by atoms with van der Waals surface area (Å²) in [6, 6.07) is 5.78. The normalized spacial score (nSPS) is 13.7. The Hall–Kier alpha value is -1.75. The van der Waals surface area contributed by atoms with Crippen molar-refractivity contribution in [2.75, 3.05) is 20.8 Å². The Morgan fingerprint density at radius 2 is 1.95 bits per heavy atom. The summed E-state index contributed by atoms with van der Waals surface area (Å²) in [4.78, 5) is 12.0. The van der Waals surface area contributed by atoms with E-state index in [2.05, 4.69) is 5.32 Å². The Bertz CT molecular complexity index is 487. The molecule has 0 aliphatic carbocycles. The quantitative estimate of drug-likeness (QED) is 0.782. The van der Waals surface area contributed by atoms with Crippen LogP contribution < -0.4 is 14.8 Å². The summed E-state index contributed by atoms with van der Waals surface area (Å²) >= 11 is 0. The van der Waals surface area contributed by atoms with Crippen molar-refractivity contribution in [2.24, 2.45) is 0 Å². The van der Waals surface area contributed by atoms with Gasteiger partial charge in [0.05, 0.1) is 14.2 Å². The lowest BCUT2D eigenvalue weighted by atomic mass is 10.0. The summed E-state index contributed by atoms with van der Waals surface area (Å²) in [6.07, 6.45) is 0. The first-order chi connectivity index (χ1) is 9.82. The number of aryl methyl sites for hydroxylation is 1. The van der Waals surface area contributed by atoms with Crippen molar-refractivity contribution >= 4 is 5.97 Å². The predicted octanol–water partition coefficient (Wildman–Crippen LogP) is 2.31. The highest BCUT2D eigenvalue weighted by molar-refractivity contribution is 5.80. The molecule has 0 aliphatic heterocycles. The van der Waals surface area contributed by atoms with Gasteiger partial charge in [-0.25, -0.2) is 4.79 Å². The van der Waals surface area contributed by atoms with Gasteiger partial charge in [0.15, 0.2) is 11.5 Å². The lowest BCUT2D eigenvalue weighted by Gasteiger charge is -2.30. The molecule has 0 radical (unpaired) electrons. The van der Waals surface area contributed by atoms with Crippen molar-refractivity contribution in [2.45, 2.75) is 39.3 Å². The minimum absolute atomic E-state index is 0.123. The number of hydrogen-bond acceptors (Lipinski definition) is 5. The zero-order chi connectivity index (χ0) is 16.0. The predicted molar refractivity (Wildman–Crippen MR) is 81.9 cm³/mol. The van der Waals surface area contributed by atoms with E-state index < -0.39 is 5.54 Å². The number of carbonyl (C=O) groups excluding carboxylic acids is 1. The van der Waals surface area contributed by atoms with Gasteiger partial charge in [-0.1, -0.05) is 6.07 Å². The number of esters is 1. The smallest absolute Gasteiger partial charge is 0.329 e. The molecular formula is C16H25NO4. The molecular weight excluding hydrogens is 270 g/mol. The van der Waals surface area contributed by atoms with E-state index in [0.29, 0.717) is 11.5 Å². The number of hydrogen-bond donors (Lipinski definition) is 1. The van der Waals surface area contributed by atoms with Crippen molar-refractivity contribution in [3.63, 3.8) is 0 Å². The van der Waals surface area contributed by atoms with Gasteiger partial charge < -0.3 is 14.2 Å². The second kappa shape index (κ2) is 7.31. The fourth-order valence-electron chi connectivity index (χ4n) is 2.14. The molecule has 1 aromatic rings. The monoisotopic (exact) mass is 295 g/mol. The van der Waals surface area contributed by atoms with E-state index in [0.717, 1.165) is 5.56 Å². The average molecular weight is 295 g/mol. The van der Waals surface area contributed by atoms with Gasteiger partial charge in [-0.3, -0.25) is 5.32 Å². The molecule has 1 atom stereocenters. The van der Waals surface area contributed by atoms with Crippen LogP contribution in [0.4, 0.5) is 0 Å². The fourth-order valence-corrected chi connectivity index (χ4v) is 2.14. The van der Waals surface area contributed by atoms with E-state index >= 15 is 0 Å². The summed E-state index contributed by atoms with van der Waals surface area (Å²) in [7, 11) is 2.96. The maximum Gasteiger partial charge on any atom is 0.329 e. The SMILES string of the molecule is COC(=O)C(C)(COc1ccc(C)cc1OC)NC(C)C. The largest absolute Gasteiger partial charge is 0.493 e. The van der Waals surface area contributed by atoms with Crippen molar-refractivity contribution in [1.82, 2.24) is 5.32 Å². The van der Waals surface area contributed by atoms with Gasteiger partial charge in [0, 0.05) is 6.04 Å². The van der Waals surface area contributed by atoms with E-state index in [9.17, 15) is 4.79 Å². The second-order valence-corrected chi connectivity index (χ2v) is 5.57. The van der Waals surface area contributed by atoms with Gasteiger partial charge in [-0.2, -0.15) is 0 Å².